The van der Waals surface area contributed by atoms with Crippen molar-refractivity contribution < 1.29 is 26.7 Å². The van der Waals surface area contributed by atoms with E-state index in [0.29, 0.717) is 16.9 Å². The predicted octanol–water partition coefficient (Wildman–Crippen LogP) is 3.45. The number of ether oxygens (including phenoxy) is 1. The first-order chi connectivity index (χ1) is 14.8. The molecule has 1 heterocycles. The molecular weight excluding hydrogens is 446 g/mol. The lowest BCUT2D eigenvalue weighted by atomic mass is 10.2. The van der Waals surface area contributed by atoms with Gasteiger partial charge in [0, 0.05) is 25.6 Å². The second-order valence-electron chi connectivity index (χ2n) is 6.80. The van der Waals surface area contributed by atoms with E-state index < -0.39 is 27.4 Å². The molecule has 0 radical (unpaired) electrons. The van der Waals surface area contributed by atoms with Crippen molar-refractivity contribution in [1.82, 2.24) is 4.57 Å². The number of aromatic nitrogens is 1. The number of carbonyl (C=O) groups is 1. The van der Waals surface area contributed by atoms with Crippen LogP contribution < -0.4 is 4.80 Å². The number of benzene rings is 2. The van der Waals surface area contributed by atoms with Gasteiger partial charge in [-0.05, 0) is 18.6 Å². The summed E-state index contributed by atoms with van der Waals surface area (Å²) in [5.74, 6) is -2.65. The van der Waals surface area contributed by atoms with Gasteiger partial charge in [0.25, 0.3) is 0 Å². The van der Waals surface area contributed by atoms with Gasteiger partial charge in [-0.2, -0.15) is 4.99 Å². The monoisotopic (exact) mass is 468 g/mol. The summed E-state index contributed by atoms with van der Waals surface area (Å²) in [6, 6.07) is 10.6. The number of fused-ring (bicyclic) bond motifs is 1. The van der Waals surface area contributed by atoms with Crippen molar-refractivity contribution in [3.05, 3.63) is 64.5 Å². The Morgan fingerprint density at radius 2 is 1.94 bits per heavy atom. The van der Waals surface area contributed by atoms with Gasteiger partial charge in [-0.25, -0.2) is 17.2 Å². The molecule has 10 heteroatoms. The molecule has 1 aromatic heterocycles. The molecule has 31 heavy (non-hydrogen) atoms. The molecule has 0 saturated heterocycles. The largest absolute Gasteiger partial charge is 0.380 e. The summed E-state index contributed by atoms with van der Waals surface area (Å²) in [5.41, 5.74) is 0.775. The van der Waals surface area contributed by atoms with Crippen molar-refractivity contribution >= 4 is 37.3 Å². The van der Waals surface area contributed by atoms with Gasteiger partial charge < -0.3 is 9.30 Å². The van der Waals surface area contributed by atoms with Gasteiger partial charge in [0.05, 0.1) is 28.3 Å². The van der Waals surface area contributed by atoms with E-state index in [2.05, 4.69) is 4.99 Å². The summed E-state index contributed by atoms with van der Waals surface area (Å²) in [6.45, 7) is 2.75. The van der Waals surface area contributed by atoms with Gasteiger partial charge in [-0.1, -0.05) is 41.7 Å². The number of halogens is 2. The third kappa shape index (κ3) is 6.28. The molecule has 0 bridgehead atoms. The van der Waals surface area contributed by atoms with Crippen LogP contribution in [0.1, 0.15) is 18.9 Å². The van der Waals surface area contributed by atoms with Crippen LogP contribution in [0.25, 0.3) is 10.2 Å². The molecule has 0 fully saturated rings. The van der Waals surface area contributed by atoms with Gasteiger partial charge in [0.1, 0.15) is 5.82 Å². The van der Waals surface area contributed by atoms with Gasteiger partial charge >= 0.3 is 0 Å². The van der Waals surface area contributed by atoms with Crippen molar-refractivity contribution in [2.75, 3.05) is 19.0 Å². The van der Waals surface area contributed by atoms with E-state index in [1.54, 1.807) is 30.3 Å². The van der Waals surface area contributed by atoms with E-state index in [1.165, 1.54) is 10.6 Å². The minimum atomic E-state index is -3.50. The number of hydrogen-bond donors (Lipinski definition) is 0. The fourth-order valence-electron chi connectivity index (χ4n) is 3.03. The number of amides is 1. The highest BCUT2D eigenvalue weighted by Gasteiger charge is 2.16. The Hall–Kier alpha value is -2.43. The van der Waals surface area contributed by atoms with Crippen LogP contribution in [0.3, 0.4) is 0 Å². The third-order valence-corrected chi connectivity index (χ3v) is 7.06. The van der Waals surface area contributed by atoms with Gasteiger partial charge in [0.2, 0.25) is 5.91 Å². The first-order valence-corrected chi connectivity index (χ1v) is 12.3. The number of nitrogens with zero attached hydrogens (tertiary/aromatic N) is 2. The summed E-state index contributed by atoms with van der Waals surface area (Å²) in [6.07, 6.45) is -0.300. The van der Waals surface area contributed by atoms with Crippen molar-refractivity contribution in [1.29, 1.82) is 0 Å². The van der Waals surface area contributed by atoms with Crippen LogP contribution >= 0.6 is 11.3 Å². The molecule has 0 aliphatic heterocycles. The number of sulfone groups is 1. The van der Waals surface area contributed by atoms with Crippen LogP contribution in [0.5, 0.6) is 0 Å². The average molecular weight is 469 g/mol. The fraction of sp³-hybridized carbons (Fsp3) is 0.333. The van der Waals surface area contributed by atoms with Gasteiger partial charge in [-0.3, -0.25) is 4.79 Å². The normalized spacial score (nSPS) is 12.5. The molecule has 0 saturated carbocycles. The van der Waals surface area contributed by atoms with E-state index in [-0.39, 0.29) is 41.4 Å². The first kappa shape index (κ1) is 23.2. The zero-order chi connectivity index (χ0) is 22.4. The van der Waals surface area contributed by atoms with Crippen LogP contribution in [0.4, 0.5) is 8.78 Å². The Balaban J connectivity index is 1.82. The van der Waals surface area contributed by atoms with Gasteiger partial charge in [0.15, 0.2) is 20.5 Å². The predicted molar refractivity (Wildman–Crippen MR) is 115 cm³/mol. The quantitative estimate of drug-likeness (QED) is 0.451. The highest BCUT2D eigenvalue weighted by Crippen LogP contribution is 2.22. The van der Waals surface area contributed by atoms with Crippen LogP contribution in [0.2, 0.25) is 0 Å². The lowest BCUT2D eigenvalue weighted by Gasteiger charge is -2.06. The Morgan fingerprint density at radius 1 is 1.19 bits per heavy atom. The third-order valence-electron chi connectivity index (χ3n) is 4.44. The van der Waals surface area contributed by atoms with Crippen LogP contribution in [-0.2, 0) is 31.7 Å². The molecule has 0 unspecified atom stereocenters. The number of thiazole rings is 1. The average Bonchev–Trinajstić information content (AvgIpc) is 3.04. The Labute approximate surface area is 182 Å². The van der Waals surface area contributed by atoms with E-state index in [1.807, 2.05) is 6.92 Å². The lowest BCUT2D eigenvalue weighted by molar-refractivity contribution is -0.117. The smallest absolute Gasteiger partial charge is 0.249 e. The molecule has 1 amide bonds. The number of carbonyl (C=O) groups excluding carboxylic acids is 1. The Kier molecular flexibility index (Phi) is 7.69. The summed E-state index contributed by atoms with van der Waals surface area (Å²) >= 11 is 0.965. The molecule has 0 spiro atoms. The molecular formula is C21H22F2N2O4S2. The second kappa shape index (κ2) is 10.3. The molecule has 0 atom stereocenters. The first-order valence-electron chi connectivity index (χ1n) is 9.67. The van der Waals surface area contributed by atoms with Crippen LogP contribution in [0.15, 0.2) is 47.5 Å². The maximum atomic E-state index is 14.4. The van der Waals surface area contributed by atoms with E-state index >= 15 is 0 Å². The minimum absolute atomic E-state index is 0.134. The molecule has 6 nitrogen and oxygen atoms in total. The summed E-state index contributed by atoms with van der Waals surface area (Å²) < 4.78 is 59.7. The molecule has 2 aromatic carbocycles. The van der Waals surface area contributed by atoms with Crippen LogP contribution in [0, 0.1) is 11.6 Å². The zero-order valence-corrected chi connectivity index (χ0v) is 18.5. The topological polar surface area (TPSA) is 77.7 Å². The second-order valence-corrected chi connectivity index (χ2v) is 9.99. The molecule has 0 aliphatic rings. The Morgan fingerprint density at radius 3 is 2.65 bits per heavy atom. The minimum Gasteiger partial charge on any atom is -0.380 e. The van der Waals surface area contributed by atoms with Crippen molar-refractivity contribution in [2.45, 2.75) is 25.6 Å². The number of hydrogen-bond acceptors (Lipinski definition) is 5. The molecule has 0 N–H and O–H groups in total. The van der Waals surface area contributed by atoms with Crippen molar-refractivity contribution in [3.8, 4) is 0 Å². The highest BCUT2D eigenvalue weighted by molar-refractivity contribution is 7.90. The number of rotatable bonds is 9. The standard InChI is InChI=1S/C21H22F2N2O4S2/c1-2-29-10-9-25-20-17(23)12-16(22)13-18(20)30-21(25)24-19(26)8-11-31(27,28)14-15-6-4-3-5-7-15/h3-7,12-13H,2,8-11,14H2,1H3. The SMILES string of the molecule is CCOCCn1c(=NC(=O)CCS(=O)(=O)Cc2ccccc2)sc2cc(F)cc(F)c21. The van der Waals surface area contributed by atoms with Gasteiger partial charge in [-0.15, -0.1) is 0 Å². The summed E-state index contributed by atoms with van der Waals surface area (Å²) in [7, 11) is -3.50. The van der Waals surface area contributed by atoms with E-state index in [0.717, 1.165) is 17.4 Å². The molecule has 3 rings (SSSR count). The summed E-state index contributed by atoms with van der Waals surface area (Å²) in [4.78, 5) is 16.5. The molecule has 166 valence electrons. The molecule has 0 aliphatic carbocycles. The lowest BCUT2D eigenvalue weighted by Crippen LogP contribution is -2.21. The fourth-order valence-corrected chi connectivity index (χ4v) is 5.47. The van der Waals surface area contributed by atoms with E-state index in [9.17, 15) is 22.0 Å². The van der Waals surface area contributed by atoms with Crippen molar-refractivity contribution in [3.63, 3.8) is 0 Å². The van der Waals surface area contributed by atoms with E-state index in [4.69, 9.17) is 4.74 Å². The maximum Gasteiger partial charge on any atom is 0.249 e. The molecule has 3 aromatic rings. The summed E-state index contributed by atoms with van der Waals surface area (Å²) in [5, 5.41) is 0. The zero-order valence-electron chi connectivity index (χ0n) is 16.9. The maximum absolute atomic E-state index is 14.4. The highest BCUT2D eigenvalue weighted by atomic mass is 32.2. The Bertz CT molecular complexity index is 1240. The van der Waals surface area contributed by atoms with Crippen LogP contribution in [-0.4, -0.2) is 37.9 Å². The van der Waals surface area contributed by atoms with Crippen molar-refractivity contribution in [2.24, 2.45) is 4.99 Å².